The van der Waals surface area contributed by atoms with E-state index in [0.717, 1.165) is 36.6 Å². The van der Waals surface area contributed by atoms with Gasteiger partial charge in [-0.25, -0.2) is 0 Å². The highest BCUT2D eigenvalue weighted by Crippen LogP contribution is 2.31. The predicted octanol–water partition coefficient (Wildman–Crippen LogP) is 2.06. The van der Waals surface area contributed by atoms with Gasteiger partial charge in [-0.15, -0.1) is 0 Å². The topological polar surface area (TPSA) is 41.7 Å². The van der Waals surface area contributed by atoms with Crippen molar-refractivity contribution in [3.63, 3.8) is 0 Å². The molecule has 0 bridgehead atoms. The number of nitrogen functional groups attached to an aromatic ring is 1. The first-order valence-corrected chi connectivity index (χ1v) is 6.43. The van der Waals surface area contributed by atoms with Crippen molar-refractivity contribution in [2.75, 3.05) is 51.5 Å². The van der Waals surface area contributed by atoms with E-state index < -0.39 is 0 Å². The van der Waals surface area contributed by atoms with Gasteiger partial charge in [-0.1, -0.05) is 6.07 Å². The largest absolute Gasteiger partial charge is 0.492 e. The third-order valence-corrected chi connectivity index (χ3v) is 2.85. The Morgan fingerprint density at radius 1 is 1.17 bits per heavy atom. The summed E-state index contributed by atoms with van der Waals surface area (Å²) in [7, 11) is 6.24. The molecule has 0 saturated heterocycles. The third kappa shape index (κ3) is 4.11. The Balaban J connectivity index is 2.67. The highest BCUT2D eigenvalue weighted by Gasteiger charge is 2.09. The number of para-hydroxylation sites is 1. The average molecular weight is 251 g/mol. The highest BCUT2D eigenvalue weighted by atomic mass is 16.5. The molecule has 0 radical (unpaired) electrons. The second-order valence-electron chi connectivity index (χ2n) is 4.70. The molecule has 0 aliphatic rings. The van der Waals surface area contributed by atoms with Gasteiger partial charge in [0, 0.05) is 13.6 Å². The second kappa shape index (κ2) is 7.11. The summed E-state index contributed by atoms with van der Waals surface area (Å²) in [5, 5.41) is 0. The maximum Gasteiger partial charge on any atom is 0.144 e. The van der Waals surface area contributed by atoms with Crippen LogP contribution in [0.25, 0.3) is 0 Å². The summed E-state index contributed by atoms with van der Waals surface area (Å²) >= 11 is 0. The molecule has 102 valence electrons. The number of nitrogens with two attached hydrogens (primary N) is 1. The minimum atomic E-state index is 0.637. The van der Waals surface area contributed by atoms with Gasteiger partial charge in [-0.3, -0.25) is 0 Å². The number of ether oxygens (including phenoxy) is 1. The van der Waals surface area contributed by atoms with Crippen LogP contribution in [0.1, 0.15) is 13.3 Å². The van der Waals surface area contributed by atoms with Crippen molar-refractivity contribution in [1.82, 2.24) is 4.90 Å². The van der Waals surface area contributed by atoms with Crippen LogP contribution in [-0.4, -0.2) is 45.7 Å². The van der Waals surface area contributed by atoms with E-state index in [1.165, 1.54) is 0 Å². The number of nitrogens with zero attached hydrogens (tertiary/aromatic N) is 2. The van der Waals surface area contributed by atoms with Gasteiger partial charge in [-0.2, -0.15) is 0 Å². The molecule has 0 aliphatic heterocycles. The van der Waals surface area contributed by atoms with Crippen molar-refractivity contribution >= 4 is 11.4 Å². The van der Waals surface area contributed by atoms with Crippen LogP contribution in [0.2, 0.25) is 0 Å². The summed E-state index contributed by atoms with van der Waals surface area (Å²) in [6.07, 6.45) is 1.11. The van der Waals surface area contributed by atoms with Gasteiger partial charge < -0.3 is 20.3 Å². The van der Waals surface area contributed by atoms with Crippen LogP contribution in [0.15, 0.2) is 18.2 Å². The molecule has 18 heavy (non-hydrogen) atoms. The van der Waals surface area contributed by atoms with E-state index in [4.69, 9.17) is 10.5 Å². The molecular formula is C14H25N3O. The van der Waals surface area contributed by atoms with Gasteiger partial charge in [0.05, 0.1) is 18.0 Å². The monoisotopic (exact) mass is 251 g/mol. The maximum absolute atomic E-state index is 6.12. The highest BCUT2D eigenvalue weighted by molar-refractivity contribution is 5.73. The van der Waals surface area contributed by atoms with Crippen LogP contribution in [0.4, 0.5) is 11.4 Å². The molecular weight excluding hydrogens is 226 g/mol. The number of hydrogen-bond acceptors (Lipinski definition) is 4. The Labute approximate surface area is 110 Å². The van der Waals surface area contributed by atoms with Crippen molar-refractivity contribution in [3.05, 3.63) is 18.2 Å². The van der Waals surface area contributed by atoms with Crippen LogP contribution in [0.3, 0.4) is 0 Å². The molecule has 4 nitrogen and oxygen atoms in total. The molecule has 0 aromatic heterocycles. The first kappa shape index (κ1) is 14.6. The normalized spacial score (nSPS) is 10.7. The minimum absolute atomic E-state index is 0.637. The van der Waals surface area contributed by atoms with Gasteiger partial charge >= 0.3 is 0 Å². The zero-order valence-corrected chi connectivity index (χ0v) is 11.9. The molecule has 2 N–H and O–H groups in total. The molecule has 0 amide bonds. The molecule has 1 aromatic carbocycles. The fraction of sp³-hybridized carbons (Fsp3) is 0.571. The van der Waals surface area contributed by atoms with Crippen LogP contribution < -0.4 is 15.4 Å². The van der Waals surface area contributed by atoms with E-state index in [-0.39, 0.29) is 0 Å². The number of anilines is 2. The summed E-state index contributed by atoms with van der Waals surface area (Å²) < 4.78 is 5.51. The number of hydrogen-bond donors (Lipinski definition) is 1. The van der Waals surface area contributed by atoms with Gasteiger partial charge in [0.1, 0.15) is 5.75 Å². The van der Waals surface area contributed by atoms with E-state index in [2.05, 4.69) is 30.9 Å². The Bertz CT molecular complexity index is 366. The predicted molar refractivity (Wildman–Crippen MR) is 78.5 cm³/mol. The molecule has 0 unspecified atom stereocenters. The van der Waals surface area contributed by atoms with E-state index >= 15 is 0 Å². The fourth-order valence-electron chi connectivity index (χ4n) is 1.89. The van der Waals surface area contributed by atoms with E-state index in [0.29, 0.717) is 6.61 Å². The van der Waals surface area contributed by atoms with Crippen molar-refractivity contribution < 1.29 is 4.74 Å². The molecule has 0 heterocycles. The van der Waals surface area contributed by atoms with Crippen molar-refractivity contribution in [2.24, 2.45) is 0 Å². The van der Waals surface area contributed by atoms with Gasteiger partial charge in [0.25, 0.3) is 0 Å². The molecule has 0 atom stereocenters. The Morgan fingerprint density at radius 3 is 2.50 bits per heavy atom. The van der Waals surface area contributed by atoms with Crippen molar-refractivity contribution in [2.45, 2.75) is 13.3 Å². The van der Waals surface area contributed by atoms with Crippen LogP contribution in [0.5, 0.6) is 5.75 Å². The molecule has 0 fully saturated rings. The first-order chi connectivity index (χ1) is 8.56. The number of rotatable bonds is 7. The molecule has 0 saturated carbocycles. The van der Waals surface area contributed by atoms with Gasteiger partial charge in [-0.05, 0) is 46.1 Å². The van der Waals surface area contributed by atoms with Crippen molar-refractivity contribution in [1.29, 1.82) is 0 Å². The third-order valence-electron chi connectivity index (χ3n) is 2.85. The lowest BCUT2D eigenvalue weighted by molar-refractivity contribution is 0.342. The summed E-state index contributed by atoms with van der Waals surface area (Å²) in [5.74, 6) is 0.773. The molecule has 0 spiro atoms. The minimum Gasteiger partial charge on any atom is -0.492 e. The SMILES string of the molecule is CCOc1cccc(N(C)CCCN(C)C)c1N. The lowest BCUT2D eigenvalue weighted by Gasteiger charge is -2.23. The van der Waals surface area contributed by atoms with Gasteiger partial charge in [0.15, 0.2) is 0 Å². The Morgan fingerprint density at radius 2 is 1.89 bits per heavy atom. The van der Waals surface area contributed by atoms with E-state index in [1.54, 1.807) is 0 Å². The summed E-state index contributed by atoms with van der Waals surface area (Å²) in [6, 6.07) is 5.93. The Kier molecular flexibility index (Phi) is 5.78. The van der Waals surface area contributed by atoms with Gasteiger partial charge in [0.2, 0.25) is 0 Å². The summed E-state index contributed by atoms with van der Waals surface area (Å²) in [5.41, 5.74) is 7.89. The second-order valence-corrected chi connectivity index (χ2v) is 4.70. The lowest BCUT2D eigenvalue weighted by atomic mass is 10.2. The average Bonchev–Trinajstić information content (AvgIpc) is 2.31. The maximum atomic E-state index is 6.12. The summed E-state index contributed by atoms with van der Waals surface area (Å²) in [6.45, 7) is 4.66. The quantitative estimate of drug-likeness (QED) is 0.753. The zero-order valence-electron chi connectivity index (χ0n) is 11.9. The zero-order chi connectivity index (χ0) is 13.5. The van der Waals surface area contributed by atoms with Crippen molar-refractivity contribution in [3.8, 4) is 5.75 Å². The smallest absolute Gasteiger partial charge is 0.144 e. The summed E-state index contributed by atoms with van der Waals surface area (Å²) in [4.78, 5) is 4.37. The lowest BCUT2D eigenvalue weighted by Crippen LogP contribution is -2.24. The molecule has 0 aliphatic carbocycles. The van der Waals surface area contributed by atoms with E-state index in [9.17, 15) is 0 Å². The first-order valence-electron chi connectivity index (χ1n) is 6.43. The fourth-order valence-corrected chi connectivity index (χ4v) is 1.89. The molecule has 4 heteroatoms. The number of benzene rings is 1. The standard InChI is InChI=1S/C14H25N3O/c1-5-18-13-9-6-8-12(14(13)15)17(4)11-7-10-16(2)3/h6,8-9H,5,7,10-11,15H2,1-4H3. The van der Waals surface area contributed by atoms with Crippen LogP contribution in [-0.2, 0) is 0 Å². The molecule has 1 aromatic rings. The van der Waals surface area contributed by atoms with Crippen LogP contribution >= 0.6 is 0 Å². The van der Waals surface area contributed by atoms with E-state index in [1.807, 2.05) is 25.1 Å². The molecule has 1 rings (SSSR count). The Hall–Kier alpha value is -1.42. The van der Waals surface area contributed by atoms with Crippen LogP contribution in [0, 0.1) is 0 Å².